The van der Waals surface area contributed by atoms with Crippen molar-refractivity contribution >= 4 is 35.8 Å². The summed E-state index contributed by atoms with van der Waals surface area (Å²) in [6.07, 6.45) is 1.20. The number of likely N-dealkylation sites (N-methyl/N-ethyl adjacent to an activating group) is 2. The molecule has 1 amide bonds. The van der Waals surface area contributed by atoms with Crippen molar-refractivity contribution in [1.29, 1.82) is 0 Å². The molecule has 1 aromatic rings. The maximum atomic E-state index is 12.3. The molecule has 2 unspecified atom stereocenters. The van der Waals surface area contributed by atoms with Crippen molar-refractivity contribution < 1.29 is 4.79 Å². The zero-order valence-electron chi connectivity index (χ0n) is 16.4. The molecule has 0 aliphatic heterocycles. The SMILES string of the molecule is CCNC(=NCC1CC1c1ccccc1)N(C)CC(=O)N(CC)CC.I. The van der Waals surface area contributed by atoms with Crippen LogP contribution in [0.25, 0.3) is 0 Å². The third kappa shape index (κ3) is 6.45. The smallest absolute Gasteiger partial charge is 0.242 e. The van der Waals surface area contributed by atoms with Gasteiger partial charge in [0.15, 0.2) is 5.96 Å². The molecule has 26 heavy (non-hydrogen) atoms. The number of nitrogens with zero attached hydrogens (tertiary/aromatic N) is 3. The summed E-state index contributed by atoms with van der Waals surface area (Å²) < 4.78 is 0. The summed E-state index contributed by atoms with van der Waals surface area (Å²) >= 11 is 0. The number of halogens is 1. The molecular formula is C20H33IN4O. The number of hydrogen-bond donors (Lipinski definition) is 1. The highest BCUT2D eigenvalue weighted by atomic mass is 127. The summed E-state index contributed by atoms with van der Waals surface area (Å²) in [6, 6.07) is 10.7. The largest absolute Gasteiger partial charge is 0.357 e. The summed E-state index contributed by atoms with van der Waals surface area (Å²) in [5, 5.41) is 3.31. The molecule has 2 rings (SSSR count). The van der Waals surface area contributed by atoms with Gasteiger partial charge in [0.2, 0.25) is 5.91 Å². The average molecular weight is 472 g/mol. The minimum Gasteiger partial charge on any atom is -0.357 e. The minimum atomic E-state index is 0. The first-order chi connectivity index (χ1) is 12.1. The maximum absolute atomic E-state index is 12.3. The van der Waals surface area contributed by atoms with Gasteiger partial charge in [-0.2, -0.15) is 0 Å². The van der Waals surface area contributed by atoms with Crippen LogP contribution in [0, 0.1) is 5.92 Å². The molecule has 0 radical (unpaired) electrons. The van der Waals surface area contributed by atoms with Crippen molar-refractivity contribution in [2.45, 2.75) is 33.1 Å². The Bertz CT molecular complexity index is 574. The number of carbonyl (C=O) groups excluding carboxylic acids is 1. The van der Waals surface area contributed by atoms with E-state index < -0.39 is 0 Å². The third-order valence-corrected chi connectivity index (χ3v) is 4.81. The van der Waals surface area contributed by atoms with E-state index in [0.717, 1.165) is 32.1 Å². The molecule has 1 fully saturated rings. The Hall–Kier alpha value is -1.31. The van der Waals surface area contributed by atoms with E-state index in [0.29, 0.717) is 18.4 Å². The molecule has 1 aromatic carbocycles. The zero-order valence-corrected chi connectivity index (χ0v) is 18.8. The number of benzene rings is 1. The van der Waals surface area contributed by atoms with Gasteiger partial charge in [0.05, 0.1) is 6.54 Å². The van der Waals surface area contributed by atoms with Gasteiger partial charge in [-0.25, -0.2) is 0 Å². The van der Waals surface area contributed by atoms with Crippen LogP contribution in [0.15, 0.2) is 35.3 Å². The predicted molar refractivity (Wildman–Crippen MR) is 119 cm³/mol. The summed E-state index contributed by atoms with van der Waals surface area (Å²) in [5.41, 5.74) is 1.41. The van der Waals surface area contributed by atoms with Crippen LogP contribution >= 0.6 is 24.0 Å². The molecule has 1 aliphatic carbocycles. The fourth-order valence-corrected chi connectivity index (χ4v) is 3.19. The highest BCUT2D eigenvalue weighted by molar-refractivity contribution is 14.0. The molecule has 0 saturated heterocycles. The van der Waals surface area contributed by atoms with Crippen LogP contribution in [-0.2, 0) is 4.79 Å². The molecular weight excluding hydrogens is 439 g/mol. The number of hydrogen-bond acceptors (Lipinski definition) is 2. The zero-order chi connectivity index (χ0) is 18.2. The van der Waals surface area contributed by atoms with Crippen LogP contribution < -0.4 is 5.32 Å². The van der Waals surface area contributed by atoms with Gasteiger partial charge in [0.1, 0.15) is 0 Å². The molecule has 1 N–H and O–H groups in total. The highest BCUT2D eigenvalue weighted by Crippen LogP contribution is 2.47. The Morgan fingerprint density at radius 1 is 1.19 bits per heavy atom. The molecule has 2 atom stereocenters. The monoisotopic (exact) mass is 472 g/mol. The van der Waals surface area contributed by atoms with Gasteiger partial charge in [-0.1, -0.05) is 30.3 Å². The first-order valence-corrected chi connectivity index (χ1v) is 9.42. The van der Waals surface area contributed by atoms with Gasteiger partial charge in [0, 0.05) is 33.2 Å². The van der Waals surface area contributed by atoms with Crippen LogP contribution in [0.4, 0.5) is 0 Å². The first kappa shape index (κ1) is 22.7. The normalized spacial score (nSPS) is 18.7. The Morgan fingerprint density at radius 3 is 2.42 bits per heavy atom. The number of amides is 1. The van der Waals surface area contributed by atoms with E-state index in [2.05, 4.69) is 42.6 Å². The van der Waals surface area contributed by atoms with Gasteiger partial charge < -0.3 is 15.1 Å². The quantitative estimate of drug-likeness (QED) is 0.359. The second-order valence-electron chi connectivity index (χ2n) is 6.63. The fourth-order valence-electron chi connectivity index (χ4n) is 3.19. The van der Waals surface area contributed by atoms with E-state index in [9.17, 15) is 4.79 Å². The number of guanidine groups is 1. The van der Waals surface area contributed by atoms with E-state index >= 15 is 0 Å². The summed E-state index contributed by atoms with van der Waals surface area (Å²) in [5.74, 6) is 2.21. The lowest BCUT2D eigenvalue weighted by Gasteiger charge is -2.25. The first-order valence-electron chi connectivity index (χ1n) is 9.42. The topological polar surface area (TPSA) is 47.9 Å². The Labute approximate surface area is 175 Å². The van der Waals surface area contributed by atoms with E-state index in [1.54, 1.807) is 0 Å². The molecule has 1 aliphatic rings. The molecule has 5 nitrogen and oxygen atoms in total. The van der Waals surface area contributed by atoms with Gasteiger partial charge in [-0.05, 0) is 44.6 Å². The van der Waals surface area contributed by atoms with Crippen LogP contribution in [0.1, 0.15) is 38.7 Å². The number of nitrogens with one attached hydrogen (secondary N) is 1. The lowest BCUT2D eigenvalue weighted by atomic mass is 10.1. The lowest BCUT2D eigenvalue weighted by molar-refractivity contribution is -0.131. The van der Waals surface area contributed by atoms with Gasteiger partial charge >= 0.3 is 0 Å². The number of carbonyl (C=O) groups is 1. The Kier molecular flexibility index (Phi) is 9.98. The molecule has 0 aromatic heterocycles. The van der Waals surface area contributed by atoms with Crippen molar-refractivity contribution in [2.75, 3.05) is 39.8 Å². The van der Waals surface area contributed by atoms with Crippen molar-refractivity contribution in [3.63, 3.8) is 0 Å². The molecule has 6 heteroatoms. The summed E-state index contributed by atoms with van der Waals surface area (Å²) in [4.78, 5) is 20.9. The van der Waals surface area contributed by atoms with Gasteiger partial charge in [0.25, 0.3) is 0 Å². The van der Waals surface area contributed by atoms with Crippen molar-refractivity contribution in [2.24, 2.45) is 10.9 Å². The predicted octanol–water partition coefficient (Wildman–Crippen LogP) is 3.17. The highest BCUT2D eigenvalue weighted by Gasteiger charge is 2.37. The second kappa shape index (κ2) is 11.4. The van der Waals surface area contributed by atoms with Crippen LogP contribution in [0.3, 0.4) is 0 Å². The molecule has 0 bridgehead atoms. The Balaban J connectivity index is 0.00000338. The Morgan fingerprint density at radius 2 is 1.85 bits per heavy atom. The number of rotatable bonds is 8. The van der Waals surface area contributed by atoms with Crippen LogP contribution in [0.2, 0.25) is 0 Å². The standard InChI is InChI=1S/C20H32N4O.HI/c1-5-21-20(23(4)15-19(25)24(6-2)7-3)22-14-17-13-18(17)16-11-9-8-10-12-16;/h8-12,17-18H,5-7,13-15H2,1-4H3,(H,21,22);1H. The average Bonchev–Trinajstić information content (AvgIpc) is 3.40. The third-order valence-electron chi connectivity index (χ3n) is 4.81. The van der Waals surface area contributed by atoms with Crippen molar-refractivity contribution in [3.8, 4) is 0 Å². The van der Waals surface area contributed by atoms with E-state index in [-0.39, 0.29) is 29.9 Å². The van der Waals surface area contributed by atoms with Crippen LogP contribution in [0.5, 0.6) is 0 Å². The fraction of sp³-hybridized carbons (Fsp3) is 0.600. The van der Waals surface area contributed by atoms with Crippen LogP contribution in [-0.4, -0.2) is 61.4 Å². The van der Waals surface area contributed by atoms with Crippen molar-refractivity contribution in [1.82, 2.24) is 15.1 Å². The lowest BCUT2D eigenvalue weighted by Crippen LogP contribution is -2.45. The summed E-state index contributed by atoms with van der Waals surface area (Å²) in [7, 11) is 1.93. The van der Waals surface area contributed by atoms with E-state index in [1.165, 1.54) is 12.0 Å². The molecule has 146 valence electrons. The summed E-state index contributed by atoms with van der Waals surface area (Å²) in [6.45, 7) is 9.55. The molecule has 1 saturated carbocycles. The minimum absolute atomic E-state index is 0. The van der Waals surface area contributed by atoms with Gasteiger partial charge in [-0.3, -0.25) is 9.79 Å². The number of aliphatic imine (C=N–C) groups is 1. The molecule has 0 heterocycles. The second-order valence-corrected chi connectivity index (χ2v) is 6.63. The van der Waals surface area contributed by atoms with E-state index in [1.807, 2.05) is 30.7 Å². The molecule has 0 spiro atoms. The van der Waals surface area contributed by atoms with Gasteiger partial charge in [-0.15, -0.1) is 24.0 Å². The van der Waals surface area contributed by atoms with E-state index in [4.69, 9.17) is 4.99 Å². The van der Waals surface area contributed by atoms with Crippen molar-refractivity contribution in [3.05, 3.63) is 35.9 Å². The maximum Gasteiger partial charge on any atom is 0.242 e.